The lowest BCUT2D eigenvalue weighted by atomic mass is 9.98. The third kappa shape index (κ3) is 5.19. The first kappa shape index (κ1) is 21.2. The van der Waals surface area contributed by atoms with E-state index in [-0.39, 0.29) is 5.91 Å². The van der Waals surface area contributed by atoms with Crippen LogP contribution in [0.25, 0.3) is 0 Å². The number of benzene rings is 2. The van der Waals surface area contributed by atoms with Gasteiger partial charge in [-0.05, 0) is 41.7 Å². The Bertz CT molecular complexity index is 908. The predicted molar refractivity (Wildman–Crippen MR) is 123 cm³/mol. The maximum absolute atomic E-state index is 11.8. The first-order chi connectivity index (χ1) is 15.2. The van der Waals surface area contributed by atoms with Crippen LogP contribution in [0.1, 0.15) is 41.9 Å². The largest absolute Gasteiger partial charge is 0.497 e. The highest BCUT2D eigenvalue weighted by atomic mass is 16.5. The Labute approximate surface area is 184 Å². The molecule has 1 unspecified atom stereocenters. The van der Waals surface area contributed by atoms with Gasteiger partial charge >= 0.3 is 0 Å². The zero-order valence-electron chi connectivity index (χ0n) is 18.5. The Morgan fingerprint density at radius 3 is 2.48 bits per heavy atom. The van der Waals surface area contributed by atoms with Gasteiger partial charge in [-0.2, -0.15) is 0 Å². The first-order valence-electron chi connectivity index (χ1n) is 11.1. The Kier molecular flexibility index (Phi) is 6.75. The molecule has 0 aromatic heterocycles. The molecule has 2 saturated heterocycles. The van der Waals surface area contributed by atoms with Crippen molar-refractivity contribution in [2.45, 2.75) is 38.3 Å². The minimum atomic E-state index is 0.271. The van der Waals surface area contributed by atoms with E-state index in [1.165, 1.54) is 16.7 Å². The van der Waals surface area contributed by atoms with Gasteiger partial charge in [0.1, 0.15) is 5.75 Å². The van der Waals surface area contributed by atoms with Gasteiger partial charge in [-0.1, -0.05) is 36.4 Å². The average molecular weight is 421 g/mol. The smallest absolute Gasteiger partial charge is 0.222 e. The van der Waals surface area contributed by atoms with Gasteiger partial charge in [-0.3, -0.25) is 9.79 Å². The lowest BCUT2D eigenvalue weighted by Gasteiger charge is -2.22. The highest BCUT2D eigenvalue weighted by Gasteiger charge is 2.26. The number of amides is 1. The second kappa shape index (κ2) is 9.86. The van der Waals surface area contributed by atoms with Gasteiger partial charge in [0.05, 0.1) is 7.11 Å². The molecule has 1 N–H and O–H groups in total. The maximum atomic E-state index is 11.8. The Morgan fingerprint density at radius 1 is 1.10 bits per heavy atom. The summed E-state index contributed by atoms with van der Waals surface area (Å²) in [6.07, 6.45) is 2.80. The van der Waals surface area contributed by atoms with E-state index in [1.807, 2.05) is 24.1 Å². The van der Waals surface area contributed by atoms with Crippen LogP contribution in [-0.2, 0) is 17.9 Å². The molecule has 6 heteroatoms. The summed E-state index contributed by atoms with van der Waals surface area (Å²) in [6, 6.07) is 16.9. The van der Waals surface area contributed by atoms with Gasteiger partial charge in [0.15, 0.2) is 5.96 Å². The number of aliphatic imine (C=N–C) groups is 1. The molecule has 1 atom stereocenters. The van der Waals surface area contributed by atoms with Gasteiger partial charge in [0.2, 0.25) is 5.91 Å². The maximum Gasteiger partial charge on any atom is 0.222 e. The topological polar surface area (TPSA) is 57.2 Å². The van der Waals surface area contributed by atoms with E-state index >= 15 is 0 Å². The minimum Gasteiger partial charge on any atom is -0.497 e. The molecule has 4 rings (SSSR count). The molecule has 31 heavy (non-hydrogen) atoms. The molecule has 6 nitrogen and oxygen atoms in total. The van der Waals surface area contributed by atoms with Crippen molar-refractivity contribution in [2.75, 3.05) is 33.8 Å². The van der Waals surface area contributed by atoms with Gasteiger partial charge in [0, 0.05) is 52.1 Å². The monoisotopic (exact) mass is 420 g/mol. The summed E-state index contributed by atoms with van der Waals surface area (Å²) in [7, 11) is 3.54. The SMILES string of the molecule is CN=C(NCc1ccc(CN2CCCC2=O)cc1)N1CCC(c2ccc(OC)cc2)C1. The lowest BCUT2D eigenvalue weighted by Crippen LogP contribution is -2.39. The van der Waals surface area contributed by atoms with E-state index in [0.29, 0.717) is 12.3 Å². The zero-order valence-corrected chi connectivity index (χ0v) is 18.5. The lowest BCUT2D eigenvalue weighted by molar-refractivity contribution is -0.128. The third-order valence-corrected chi connectivity index (χ3v) is 6.31. The van der Waals surface area contributed by atoms with Crippen LogP contribution in [0, 0.1) is 0 Å². The zero-order chi connectivity index (χ0) is 21.6. The highest BCUT2D eigenvalue weighted by Crippen LogP contribution is 2.28. The minimum absolute atomic E-state index is 0.271. The molecule has 2 aromatic carbocycles. The van der Waals surface area contributed by atoms with E-state index in [2.05, 4.69) is 51.6 Å². The van der Waals surface area contributed by atoms with Crippen LogP contribution in [0.5, 0.6) is 5.75 Å². The van der Waals surface area contributed by atoms with Crippen LogP contribution < -0.4 is 10.1 Å². The van der Waals surface area contributed by atoms with Crippen LogP contribution in [0.4, 0.5) is 0 Å². The van der Waals surface area contributed by atoms with Gasteiger partial charge in [-0.25, -0.2) is 0 Å². The van der Waals surface area contributed by atoms with Crippen molar-refractivity contribution in [3.8, 4) is 5.75 Å². The molecule has 1 amide bonds. The van der Waals surface area contributed by atoms with Crippen molar-refractivity contribution in [2.24, 2.45) is 4.99 Å². The van der Waals surface area contributed by atoms with E-state index in [0.717, 1.165) is 57.3 Å². The summed E-state index contributed by atoms with van der Waals surface area (Å²) in [5.41, 5.74) is 3.75. The quantitative estimate of drug-likeness (QED) is 0.575. The number of rotatable bonds is 6. The molecule has 0 spiro atoms. The van der Waals surface area contributed by atoms with Crippen LogP contribution in [0.3, 0.4) is 0 Å². The number of ether oxygens (including phenoxy) is 1. The average Bonchev–Trinajstić information content (AvgIpc) is 3.45. The summed E-state index contributed by atoms with van der Waals surface area (Å²) in [4.78, 5) is 20.6. The Balaban J connectivity index is 1.28. The molecule has 2 aliphatic rings. The molecule has 0 radical (unpaired) electrons. The van der Waals surface area contributed by atoms with Gasteiger partial charge in [0.25, 0.3) is 0 Å². The summed E-state index contributed by atoms with van der Waals surface area (Å²) >= 11 is 0. The molecule has 2 heterocycles. The number of nitrogens with one attached hydrogen (secondary N) is 1. The van der Waals surface area contributed by atoms with Gasteiger partial charge < -0.3 is 19.9 Å². The molecule has 2 aromatic rings. The molecule has 0 aliphatic carbocycles. The fraction of sp³-hybridized carbons (Fsp3) is 0.440. The second-order valence-electron chi connectivity index (χ2n) is 8.34. The molecular formula is C25H32N4O2. The summed E-state index contributed by atoms with van der Waals surface area (Å²) in [5.74, 6) is 2.63. The number of hydrogen-bond acceptors (Lipinski definition) is 3. The summed E-state index contributed by atoms with van der Waals surface area (Å²) in [6.45, 7) is 4.30. The van der Waals surface area contributed by atoms with Crippen molar-refractivity contribution in [3.05, 3.63) is 65.2 Å². The molecule has 0 saturated carbocycles. The van der Waals surface area contributed by atoms with Crippen molar-refractivity contribution in [1.29, 1.82) is 0 Å². The van der Waals surface area contributed by atoms with Crippen molar-refractivity contribution >= 4 is 11.9 Å². The van der Waals surface area contributed by atoms with Crippen LogP contribution in [0.15, 0.2) is 53.5 Å². The highest BCUT2D eigenvalue weighted by molar-refractivity contribution is 5.80. The fourth-order valence-electron chi connectivity index (χ4n) is 4.47. The fourth-order valence-corrected chi connectivity index (χ4v) is 4.47. The normalized spacial score (nSPS) is 19.2. The number of carbonyl (C=O) groups is 1. The number of guanidine groups is 1. The van der Waals surface area contributed by atoms with Crippen molar-refractivity contribution in [1.82, 2.24) is 15.1 Å². The summed E-state index contributed by atoms with van der Waals surface area (Å²) in [5, 5.41) is 3.51. The van der Waals surface area contributed by atoms with E-state index in [1.54, 1.807) is 7.11 Å². The van der Waals surface area contributed by atoms with Crippen LogP contribution in [0.2, 0.25) is 0 Å². The number of likely N-dealkylation sites (tertiary alicyclic amines) is 2. The first-order valence-corrected chi connectivity index (χ1v) is 11.1. The number of carbonyl (C=O) groups excluding carboxylic acids is 1. The molecule has 2 aliphatic heterocycles. The standard InChI is InChI=1S/C25H32N4O2/c1-26-25(29-15-13-22(18-29)21-9-11-23(31-2)12-10-21)27-16-19-5-7-20(8-6-19)17-28-14-3-4-24(28)30/h5-12,22H,3-4,13-18H2,1-2H3,(H,26,27). The van der Waals surface area contributed by atoms with E-state index in [4.69, 9.17) is 4.74 Å². The van der Waals surface area contributed by atoms with E-state index < -0.39 is 0 Å². The van der Waals surface area contributed by atoms with Crippen molar-refractivity contribution in [3.63, 3.8) is 0 Å². The third-order valence-electron chi connectivity index (χ3n) is 6.31. The second-order valence-corrected chi connectivity index (χ2v) is 8.34. The number of methoxy groups -OCH3 is 1. The van der Waals surface area contributed by atoms with Gasteiger partial charge in [-0.15, -0.1) is 0 Å². The summed E-state index contributed by atoms with van der Waals surface area (Å²) < 4.78 is 5.27. The molecular weight excluding hydrogens is 388 g/mol. The molecule has 164 valence electrons. The Hall–Kier alpha value is -3.02. The number of nitrogens with zero attached hydrogens (tertiary/aromatic N) is 3. The van der Waals surface area contributed by atoms with E-state index in [9.17, 15) is 4.79 Å². The molecule has 0 bridgehead atoms. The Morgan fingerprint density at radius 2 is 1.84 bits per heavy atom. The van der Waals surface area contributed by atoms with Crippen LogP contribution >= 0.6 is 0 Å². The predicted octanol–water partition coefficient (Wildman–Crippen LogP) is 3.38. The van der Waals surface area contributed by atoms with Crippen molar-refractivity contribution < 1.29 is 9.53 Å². The molecule has 2 fully saturated rings. The number of hydrogen-bond donors (Lipinski definition) is 1. The van der Waals surface area contributed by atoms with Crippen LogP contribution in [-0.4, -0.2) is 55.5 Å².